The Hall–Kier alpha value is -10.9. The van der Waals surface area contributed by atoms with E-state index < -0.39 is 0 Å². The van der Waals surface area contributed by atoms with E-state index in [1.807, 2.05) is 163 Å². The fourth-order valence-corrected chi connectivity index (χ4v) is 18.8. The van der Waals surface area contributed by atoms with E-state index in [1.165, 1.54) is 52.6 Å². The molecule has 4 saturated heterocycles. The number of piperidine rings is 2. The number of nitrogens with one attached hydrogen (secondary N) is 8. The van der Waals surface area contributed by atoms with Crippen molar-refractivity contribution in [3.8, 4) is 50.6 Å². The Morgan fingerprint density at radius 3 is 1.19 bits per heavy atom. The first kappa shape index (κ1) is 74.8. The van der Waals surface area contributed by atoms with Crippen molar-refractivity contribution in [1.29, 1.82) is 5.26 Å². The molecular weight excluding hydrogens is 1540 g/mol. The number of rotatable bonds is 18. The fourth-order valence-electron chi connectivity index (χ4n) is 13.9. The number of aryl methyl sites for hydroxylation is 6. The highest BCUT2D eigenvalue weighted by Gasteiger charge is 2.27. The summed E-state index contributed by atoms with van der Waals surface area (Å²) in [5, 5.41) is 70.7. The van der Waals surface area contributed by atoms with Gasteiger partial charge in [-0.2, -0.15) is 71.4 Å². The minimum atomic E-state index is 0.356. The van der Waals surface area contributed by atoms with Gasteiger partial charge in [0, 0.05) is 150 Å². The van der Waals surface area contributed by atoms with Gasteiger partial charge in [0.1, 0.15) is 65.1 Å². The van der Waals surface area contributed by atoms with E-state index in [0.29, 0.717) is 28.0 Å². The predicted octanol–water partition coefficient (Wildman–Crippen LogP) is 13.8. The normalized spacial score (nSPS) is 16.9. The molecule has 37 heteroatoms. The summed E-state index contributed by atoms with van der Waals surface area (Å²) < 4.78 is 33.7. The molecule has 20 rings (SSSR count). The molecule has 20 heterocycles. The summed E-state index contributed by atoms with van der Waals surface area (Å²) in [6, 6.07) is 24.1. The maximum absolute atomic E-state index is 9.03. The standard InChI is InChI=1S/C21H20N8S.C19H20N6OS.2C18H20N8S2/c1-13-7-20(30-28-13)27-19-8-18(15-3-2-6-23-10-15)26-21-17(12-25-29(19)21)14-4-5-16(9-22)24-11-14;1-12-7-18(27-24-12)23-17-8-16(13-3-2-5-20-9-13)22-19-15(10-21-25(17)19)14-4-6-26-11-14;2*1-11-5-17(28-24-11)22-15-6-16(27-13-3-4-19-8-13)23-18-14(9-21-26(15)18)12-7-20-25(2)10-12/h4-5,7-8,11-12,15,23,27H,2-3,6,10H2,1H3;4,6-8,10-11,13,20,23H,2-3,5,9H2,1H3;2*5-7,9-10,13,19,22H,3-4,8H2,1-2H3. The third kappa shape index (κ3) is 17.2. The third-order valence-corrected chi connectivity index (χ3v) is 25.0. The van der Waals surface area contributed by atoms with Gasteiger partial charge in [0.2, 0.25) is 0 Å². The zero-order chi connectivity index (χ0) is 76.9. The van der Waals surface area contributed by atoms with Crippen LogP contribution in [0.2, 0.25) is 0 Å². The largest absolute Gasteiger partial charge is 0.472 e. The van der Waals surface area contributed by atoms with Crippen LogP contribution in [0, 0.1) is 39.0 Å². The molecule has 4 fully saturated rings. The van der Waals surface area contributed by atoms with E-state index in [0.717, 1.165) is 239 Å². The van der Waals surface area contributed by atoms with Crippen LogP contribution >= 0.6 is 69.7 Å². The molecule has 4 aliphatic heterocycles. The Labute approximate surface area is 674 Å². The Balaban J connectivity index is 0.000000109. The highest BCUT2D eigenvalue weighted by molar-refractivity contribution is 8.00. The summed E-state index contributed by atoms with van der Waals surface area (Å²) in [5.41, 5.74) is 17.5. The van der Waals surface area contributed by atoms with Crippen molar-refractivity contribution in [2.24, 2.45) is 14.1 Å². The average molecular weight is 1620 g/mol. The molecule has 4 aliphatic rings. The minimum absolute atomic E-state index is 0.356. The van der Waals surface area contributed by atoms with Gasteiger partial charge in [0.25, 0.3) is 0 Å². The quantitative estimate of drug-likeness (QED) is 0.0370. The van der Waals surface area contributed by atoms with Crippen molar-refractivity contribution in [3.05, 3.63) is 175 Å². The second kappa shape index (κ2) is 33.8. The summed E-state index contributed by atoms with van der Waals surface area (Å²) in [6.45, 7) is 16.1. The van der Waals surface area contributed by atoms with Crippen LogP contribution in [0.4, 0.5) is 43.3 Å². The first-order valence-electron chi connectivity index (χ1n) is 37.2. The molecule has 0 amide bonds. The lowest BCUT2D eigenvalue weighted by Gasteiger charge is -2.23. The second-order valence-corrected chi connectivity index (χ2v) is 33.9. The molecule has 4 atom stereocenters. The van der Waals surface area contributed by atoms with E-state index in [-0.39, 0.29) is 0 Å². The summed E-state index contributed by atoms with van der Waals surface area (Å²) in [4.78, 5) is 24.1. The monoisotopic (exact) mass is 1620 g/mol. The highest BCUT2D eigenvalue weighted by atomic mass is 32.2. The summed E-state index contributed by atoms with van der Waals surface area (Å²) >= 11 is 9.41. The number of anilines is 8. The minimum Gasteiger partial charge on any atom is -0.472 e. The first-order valence-corrected chi connectivity index (χ1v) is 42.0. The Morgan fingerprint density at radius 2 is 0.850 bits per heavy atom. The van der Waals surface area contributed by atoms with Crippen molar-refractivity contribution in [2.45, 2.75) is 98.6 Å². The van der Waals surface area contributed by atoms with Gasteiger partial charge < -0.3 is 47.0 Å². The average Bonchev–Trinajstić information content (AvgIpc) is 1.65. The van der Waals surface area contributed by atoms with E-state index in [2.05, 4.69) is 126 Å². The maximum Gasteiger partial charge on any atom is 0.166 e. The van der Waals surface area contributed by atoms with Gasteiger partial charge in [-0.3, -0.25) is 9.36 Å². The molecule has 0 aliphatic carbocycles. The van der Waals surface area contributed by atoms with Crippen molar-refractivity contribution in [2.75, 3.05) is 73.6 Å². The van der Waals surface area contributed by atoms with Crippen LogP contribution in [0.3, 0.4) is 0 Å². The molecule has 8 N–H and O–H groups in total. The molecule has 0 spiro atoms. The zero-order valence-electron chi connectivity index (χ0n) is 62.6. The van der Waals surface area contributed by atoms with Gasteiger partial charge in [0.05, 0.1) is 83.9 Å². The van der Waals surface area contributed by atoms with Gasteiger partial charge in [-0.15, -0.1) is 23.5 Å². The molecule has 0 aromatic carbocycles. The molecule has 31 nitrogen and oxygen atoms in total. The van der Waals surface area contributed by atoms with E-state index in [1.54, 1.807) is 40.3 Å². The van der Waals surface area contributed by atoms with Crippen LogP contribution in [0.25, 0.3) is 67.1 Å². The Bertz CT molecular complexity index is 5810. The summed E-state index contributed by atoms with van der Waals surface area (Å²) in [6.07, 6.45) is 27.0. The van der Waals surface area contributed by atoms with Crippen LogP contribution in [-0.2, 0) is 14.1 Å². The van der Waals surface area contributed by atoms with Crippen LogP contribution in [0.1, 0.15) is 90.2 Å². The fraction of sp³-hybridized carbons (Fsp3) is 0.316. The van der Waals surface area contributed by atoms with Crippen LogP contribution in [0.5, 0.6) is 0 Å². The zero-order valence-corrected chi connectivity index (χ0v) is 67.5. The van der Waals surface area contributed by atoms with E-state index in [4.69, 9.17) is 29.6 Å². The van der Waals surface area contributed by atoms with Crippen LogP contribution < -0.4 is 42.5 Å². The van der Waals surface area contributed by atoms with Crippen molar-refractivity contribution in [1.82, 2.24) is 122 Å². The van der Waals surface area contributed by atoms with Gasteiger partial charge in [0.15, 0.2) is 22.6 Å². The number of furan rings is 1. The summed E-state index contributed by atoms with van der Waals surface area (Å²) in [5.74, 6) is 4.29. The van der Waals surface area contributed by atoms with Gasteiger partial charge in [-0.05, 0) is 181 Å². The van der Waals surface area contributed by atoms with Crippen LogP contribution in [-0.4, -0.2) is 163 Å². The Morgan fingerprint density at radius 1 is 0.442 bits per heavy atom. The third-order valence-electron chi connectivity index (χ3n) is 19.5. The van der Waals surface area contributed by atoms with Gasteiger partial charge >= 0.3 is 0 Å². The van der Waals surface area contributed by atoms with E-state index >= 15 is 0 Å². The highest BCUT2D eigenvalue weighted by Crippen LogP contribution is 2.39. The molecule has 16 aromatic rings. The number of thioether (sulfide) groups is 2. The molecule has 0 radical (unpaired) electrons. The molecule has 0 bridgehead atoms. The topological polar surface area (TPSA) is 354 Å². The smallest absolute Gasteiger partial charge is 0.166 e. The lowest BCUT2D eigenvalue weighted by Crippen LogP contribution is -2.29. The molecule has 113 heavy (non-hydrogen) atoms. The Kier molecular flexibility index (Phi) is 22.4. The van der Waals surface area contributed by atoms with Crippen LogP contribution in [0.15, 0.2) is 149 Å². The lowest BCUT2D eigenvalue weighted by molar-refractivity contribution is 0.455. The molecule has 4 unspecified atom stereocenters. The summed E-state index contributed by atoms with van der Waals surface area (Å²) in [7, 11) is 3.83. The van der Waals surface area contributed by atoms with Crippen molar-refractivity contribution in [3.63, 3.8) is 0 Å². The number of hydrogen-bond donors (Lipinski definition) is 8. The molecule has 576 valence electrons. The SMILES string of the molecule is Cc1cc(Nc2cc(C3CCCNC3)nc3c(-c4ccc(C#N)nc4)cnn23)sn1.Cc1cc(Nc2cc(C3CCCNC3)nc3c(-c4ccoc4)cnn23)sn1.Cc1cc(Nc2cc(SC3CCNC3)nc3c(-c4cnn(C)c4)cnn23)sn1.Cc1cc(Nc2cc(SC3CCNC3)nc3c(-c4cnn(C)c4)cnn23)sn1. The van der Waals surface area contributed by atoms with Crippen molar-refractivity contribution >= 4 is 136 Å². The first-order chi connectivity index (χ1) is 55.3. The molecular formula is C76H80N30OS6. The number of nitrogens with zero attached hydrogens (tertiary/aromatic N) is 22. The van der Waals surface area contributed by atoms with Crippen molar-refractivity contribution < 1.29 is 4.42 Å². The second-order valence-electron chi connectivity index (χ2n) is 28.0. The molecule has 16 aromatic heterocycles. The predicted molar refractivity (Wildman–Crippen MR) is 446 cm³/mol. The number of pyridine rings is 1. The maximum atomic E-state index is 9.03. The number of hydrogen-bond acceptors (Lipinski definition) is 31. The van der Waals surface area contributed by atoms with Gasteiger partial charge in [-0.25, -0.2) is 24.9 Å². The van der Waals surface area contributed by atoms with Gasteiger partial charge in [-0.1, -0.05) is 0 Å². The number of nitriles is 1. The van der Waals surface area contributed by atoms with E-state index in [9.17, 15) is 0 Å². The molecule has 0 saturated carbocycles. The lowest BCUT2D eigenvalue weighted by atomic mass is 9.96. The number of aromatic nitrogens is 21. The number of fused-ring (bicyclic) bond motifs is 4.